The van der Waals surface area contributed by atoms with Crippen molar-refractivity contribution < 1.29 is 9.90 Å². The summed E-state index contributed by atoms with van der Waals surface area (Å²) in [6.07, 6.45) is 6.65. The standard InChI is InChI=1S/C10H18O2S/c1-9(13)7-5-3-2-4-6-8-10(11)12/h2-8H2,1H3,(H,11,12). The van der Waals surface area contributed by atoms with Gasteiger partial charge in [0.2, 0.25) is 0 Å². The number of carbonyl (C=O) groups is 1. The molecule has 1 N–H and O–H groups in total. The minimum absolute atomic E-state index is 0.312. The summed E-state index contributed by atoms with van der Waals surface area (Å²) in [5.41, 5.74) is 0. The fourth-order valence-corrected chi connectivity index (χ4v) is 1.32. The van der Waals surface area contributed by atoms with Crippen molar-refractivity contribution in [3.05, 3.63) is 0 Å². The van der Waals surface area contributed by atoms with Crippen LogP contribution in [0.3, 0.4) is 0 Å². The lowest BCUT2D eigenvalue weighted by Gasteiger charge is -1.99. The van der Waals surface area contributed by atoms with Gasteiger partial charge in [-0.15, -0.1) is 0 Å². The van der Waals surface area contributed by atoms with Crippen molar-refractivity contribution in [1.29, 1.82) is 0 Å². The number of unbranched alkanes of at least 4 members (excludes halogenated alkanes) is 4. The second kappa shape index (κ2) is 8.17. The molecule has 2 nitrogen and oxygen atoms in total. The lowest BCUT2D eigenvalue weighted by Crippen LogP contribution is -1.93. The van der Waals surface area contributed by atoms with Gasteiger partial charge in [-0.25, -0.2) is 0 Å². The van der Waals surface area contributed by atoms with Crippen molar-refractivity contribution >= 4 is 23.1 Å². The van der Waals surface area contributed by atoms with Gasteiger partial charge in [-0.2, -0.15) is 0 Å². The predicted octanol–water partition coefficient (Wildman–Crippen LogP) is 3.19. The molecule has 0 aliphatic rings. The Morgan fingerprint density at radius 1 is 1.08 bits per heavy atom. The Morgan fingerprint density at radius 2 is 1.54 bits per heavy atom. The minimum atomic E-state index is -0.685. The Labute approximate surface area is 85.3 Å². The van der Waals surface area contributed by atoms with E-state index in [2.05, 4.69) is 0 Å². The van der Waals surface area contributed by atoms with Crippen molar-refractivity contribution in [2.24, 2.45) is 0 Å². The van der Waals surface area contributed by atoms with Crippen molar-refractivity contribution in [2.45, 2.75) is 51.9 Å². The molecule has 0 atom stereocenters. The van der Waals surface area contributed by atoms with E-state index in [0.29, 0.717) is 6.42 Å². The molecule has 0 amide bonds. The minimum Gasteiger partial charge on any atom is -0.481 e. The third-order valence-corrected chi connectivity index (χ3v) is 2.12. The van der Waals surface area contributed by atoms with Crippen LogP contribution in [0.1, 0.15) is 51.9 Å². The second-order valence-electron chi connectivity index (χ2n) is 3.36. The summed E-state index contributed by atoms with van der Waals surface area (Å²) < 4.78 is 0. The highest BCUT2D eigenvalue weighted by Crippen LogP contribution is 2.07. The SMILES string of the molecule is CC(=S)CCCCCCCC(=O)O. The van der Waals surface area contributed by atoms with Crippen LogP contribution in [0, 0.1) is 0 Å². The van der Waals surface area contributed by atoms with Crippen LogP contribution in [0.2, 0.25) is 0 Å². The van der Waals surface area contributed by atoms with Crippen LogP contribution in [0.4, 0.5) is 0 Å². The first-order valence-electron chi connectivity index (χ1n) is 4.84. The maximum Gasteiger partial charge on any atom is 0.303 e. The zero-order chi connectivity index (χ0) is 10.1. The number of thiocarbonyl (C=S) groups is 1. The maximum atomic E-state index is 10.2. The number of hydrogen-bond acceptors (Lipinski definition) is 2. The molecule has 0 saturated heterocycles. The third kappa shape index (κ3) is 11.6. The first kappa shape index (κ1) is 12.6. The lowest BCUT2D eigenvalue weighted by atomic mass is 10.1. The molecule has 0 radical (unpaired) electrons. The fraction of sp³-hybridized carbons (Fsp3) is 0.800. The van der Waals surface area contributed by atoms with E-state index in [1.54, 1.807) is 0 Å². The first-order chi connectivity index (χ1) is 6.13. The van der Waals surface area contributed by atoms with Crippen molar-refractivity contribution in [1.82, 2.24) is 0 Å². The summed E-state index contributed by atoms with van der Waals surface area (Å²) in [6.45, 7) is 1.97. The molecule has 0 unspecified atom stereocenters. The van der Waals surface area contributed by atoms with Crippen molar-refractivity contribution in [3.8, 4) is 0 Å². The first-order valence-corrected chi connectivity index (χ1v) is 5.25. The molecule has 13 heavy (non-hydrogen) atoms. The van der Waals surface area contributed by atoms with E-state index in [9.17, 15) is 4.79 Å². The molecular weight excluding hydrogens is 184 g/mol. The van der Waals surface area contributed by atoms with Gasteiger partial charge >= 0.3 is 5.97 Å². The summed E-state index contributed by atoms with van der Waals surface area (Å²) >= 11 is 4.95. The molecule has 3 heteroatoms. The Balaban J connectivity index is 3.00. The number of rotatable bonds is 8. The Hall–Kier alpha value is -0.440. The number of hydrogen-bond donors (Lipinski definition) is 1. The molecule has 0 spiro atoms. The van der Waals surface area contributed by atoms with Crippen LogP contribution < -0.4 is 0 Å². The van der Waals surface area contributed by atoms with Gasteiger partial charge < -0.3 is 5.11 Å². The van der Waals surface area contributed by atoms with Crippen molar-refractivity contribution in [3.63, 3.8) is 0 Å². The third-order valence-electron chi connectivity index (χ3n) is 1.92. The lowest BCUT2D eigenvalue weighted by molar-refractivity contribution is -0.137. The van der Waals surface area contributed by atoms with Gasteiger partial charge in [0.1, 0.15) is 0 Å². The van der Waals surface area contributed by atoms with E-state index in [0.717, 1.165) is 37.0 Å². The molecule has 0 fully saturated rings. The molecule has 0 aromatic carbocycles. The molecule has 0 bridgehead atoms. The molecule has 0 saturated carbocycles. The zero-order valence-corrected chi connectivity index (χ0v) is 9.03. The molecule has 0 aliphatic carbocycles. The summed E-state index contributed by atoms with van der Waals surface area (Å²) in [6, 6.07) is 0. The fourth-order valence-electron chi connectivity index (χ4n) is 1.18. The molecule has 0 rings (SSSR count). The van der Waals surface area contributed by atoms with E-state index < -0.39 is 5.97 Å². The van der Waals surface area contributed by atoms with Crippen LogP contribution >= 0.6 is 12.2 Å². The number of carboxylic acids is 1. The average molecular weight is 202 g/mol. The average Bonchev–Trinajstić information content (AvgIpc) is 2.01. The quantitative estimate of drug-likeness (QED) is 0.485. The molecule has 0 heterocycles. The van der Waals surface area contributed by atoms with Gasteiger partial charge in [-0.05, 0) is 31.1 Å². The van der Waals surface area contributed by atoms with E-state index >= 15 is 0 Å². The highest BCUT2D eigenvalue weighted by Gasteiger charge is 1.96. The van der Waals surface area contributed by atoms with Gasteiger partial charge in [0.25, 0.3) is 0 Å². The topological polar surface area (TPSA) is 37.3 Å². The Bertz CT molecular complexity index is 148. The summed E-state index contributed by atoms with van der Waals surface area (Å²) in [5.74, 6) is -0.685. The van der Waals surface area contributed by atoms with Crippen LogP contribution in [-0.4, -0.2) is 15.9 Å². The van der Waals surface area contributed by atoms with E-state index in [1.807, 2.05) is 6.92 Å². The Morgan fingerprint density at radius 3 is 2.00 bits per heavy atom. The normalized spacial score (nSPS) is 9.92. The maximum absolute atomic E-state index is 10.2. The Kier molecular flexibility index (Phi) is 7.90. The summed E-state index contributed by atoms with van der Waals surface area (Å²) in [5, 5.41) is 8.37. The smallest absolute Gasteiger partial charge is 0.303 e. The van der Waals surface area contributed by atoms with Gasteiger partial charge in [-0.1, -0.05) is 31.5 Å². The van der Waals surface area contributed by atoms with Gasteiger partial charge in [-0.3, -0.25) is 4.79 Å². The molecule has 0 aromatic rings. The van der Waals surface area contributed by atoms with Gasteiger partial charge in [0.15, 0.2) is 0 Å². The molecule has 0 aromatic heterocycles. The summed E-state index contributed by atoms with van der Waals surface area (Å²) in [7, 11) is 0. The van der Waals surface area contributed by atoms with Crippen molar-refractivity contribution in [2.75, 3.05) is 0 Å². The molecular formula is C10H18O2S. The summed E-state index contributed by atoms with van der Waals surface area (Å²) in [4.78, 5) is 11.2. The monoisotopic (exact) mass is 202 g/mol. The van der Waals surface area contributed by atoms with Crippen LogP contribution in [-0.2, 0) is 4.79 Å². The molecule has 0 aliphatic heterocycles. The zero-order valence-electron chi connectivity index (χ0n) is 8.21. The van der Waals surface area contributed by atoms with Crippen LogP contribution in [0.15, 0.2) is 0 Å². The highest BCUT2D eigenvalue weighted by atomic mass is 32.1. The van der Waals surface area contributed by atoms with E-state index in [4.69, 9.17) is 17.3 Å². The largest absolute Gasteiger partial charge is 0.481 e. The van der Waals surface area contributed by atoms with Crippen LogP contribution in [0.5, 0.6) is 0 Å². The predicted molar refractivity (Wildman–Crippen MR) is 58.2 cm³/mol. The van der Waals surface area contributed by atoms with E-state index in [1.165, 1.54) is 6.42 Å². The number of aliphatic carboxylic acids is 1. The van der Waals surface area contributed by atoms with Gasteiger partial charge in [0.05, 0.1) is 0 Å². The van der Waals surface area contributed by atoms with Crippen LogP contribution in [0.25, 0.3) is 0 Å². The van der Waals surface area contributed by atoms with Gasteiger partial charge in [0, 0.05) is 6.42 Å². The highest BCUT2D eigenvalue weighted by molar-refractivity contribution is 7.80. The second-order valence-corrected chi connectivity index (χ2v) is 4.06. The number of carboxylic acid groups (broad SMARTS) is 1. The van der Waals surface area contributed by atoms with E-state index in [-0.39, 0.29) is 0 Å². The molecule has 76 valence electrons.